The van der Waals surface area contributed by atoms with Gasteiger partial charge in [0.2, 0.25) is 0 Å². The molecule has 0 spiro atoms. The number of hydrogen-bond acceptors (Lipinski definition) is 7. The van der Waals surface area contributed by atoms with Gasteiger partial charge in [0.25, 0.3) is 5.56 Å². The molecule has 0 aliphatic carbocycles. The van der Waals surface area contributed by atoms with Crippen LogP contribution >= 0.6 is 11.8 Å². The van der Waals surface area contributed by atoms with Crippen molar-refractivity contribution >= 4 is 23.7 Å². The van der Waals surface area contributed by atoms with Crippen molar-refractivity contribution in [3.05, 3.63) is 105 Å². The van der Waals surface area contributed by atoms with E-state index in [0.717, 1.165) is 16.3 Å². The molecule has 0 aliphatic heterocycles. The zero-order chi connectivity index (χ0) is 27.9. The molecule has 0 saturated heterocycles. The van der Waals surface area contributed by atoms with Gasteiger partial charge in [-0.05, 0) is 31.5 Å². The summed E-state index contributed by atoms with van der Waals surface area (Å²) in [6, 6.07) is 13.5. The van der Waals surface area contributed by atoms with Gasteiger partial charge in [-0.2, -0.15) is 5.10 Å². The molecule has 4 aromatic rings. The lowest BCUT2D eigenvalue weighted by Gasteiger charge is -2.10. The third kappa shape index (κ3) is 6.82. The average Bonchev–Trinajstić information content (AvgIpc) is 3.49. The smallest absolute Gasteiger partial charge is 0.358 e. The number of benzene rings is 2. The molecule has 0 radical (unpaired) electrons. The van der Waals surface area contributed by atoms with Crippen LogP contribution in [0, 0.1) is 11.6 Å². The van der Waals surface area contributed by atoms with Gasteiger partial charge in [0, 0.05) is 29.0 Å². The maximum atomic E-state index is 14.6. The van der Waals surface area contributed by atoms with Gasteiger partial charge in [0.15, 0.2) is 5.69 Å². The fourth-order valence-electron chi connectivity index (χ4n) is 3.75. The second-order valence-electron chi connectivity index (χ2n) is 8.37. The van der Waals surface area contributed by atoms with E-state index in [4.69, 9.17) is 9.47 Å². The Morgan fingerprint density at radius 1 is 0.923 bits per heavy atom. The molecule has 204 valence electrons. The van der Waals surface area contributed by atoms with Gasteiger partial charge >= 0.3 is 11.9 Å². The Labute approximate surface area is 226 Å². The quantitative estimate of drug-likeness (QED) is 0.216. The summed E-state index contributed by atoms with van der Waals surface area (Å²) < 4.78 is 41.5. The third-order valence-electron chi connectivity index (χ3n) is 5.62. The van der Waals surface area contributed by atoms with Gasteiger partial charge in [-0.1, -0.05) is 30.3 Å². The SMILES string of the molecule is CCOC(=O)c1cc(SCc2ccc(F)c(Cn3[nH]c(C(=O)OCC)cc3=O)c2)n(Cc2ccccc2F)n1. The third-order valence-corrected chi connectivity index (χ3v) is 6.72. The molecule has 0 amide bonds. The summed E-state index contributed by atoms with van der Waals surface area (Å²) in [4.78, 5) is 36.5. The Morgan fingerprint density at radius 3 is 2.38 bits per heavy atom. The average molecular weight is 557 g/mol. The highest BCUT2D eigenvalue weighted by Gasteiger charge is 2.18. The number of ether oxygens (including phenoxy) is 2. The molecule has 2 aromatic heterocycles. The Balaban J connectivity index is 1.54. The Bertz CT molecular complexity index is 1550. The van der Waals surface area contributed by atoms with Gasteiger partial charge in [-0.3, -0.25) is 14.6 Å². The van der Waals surface area contributed by atoms with Gasteiger partial charge in [-0.15, -0.1) is 11.8 Å². The molecule has 39 heavy (non-hydrogen) atoms. The summed E-state index contributed by atoms with van der Waals surface area (Å²) in [7, 11) is 0. The molecule has 12 heteroatoms. The number of carbonyl (C=O) groups is 2. The van der Waals surface area contributed by atoms with E-state index >= 15 is 0 Å². The van der Waals surface area contributed by atoms with Crippen molar-refractivity contribution in [2.45, 2.75) is 37.7 Å². The molecule has 9 nitrogen and oxygen atoms in total. The minimum atomic E-state index is -0.673. The monoisotopic (exact) mass is 556 g/mol. The number of hydrogen-bond donors (Lipinski definition) is 1. The minimum Gasteiger partial charge on any atom is -0.461 e. The number of nitrogens with one attached hydrogen (secondary N) is 1. The molecule has 0 aliphatic rings. The first-order valence-corrected chi connectivity index (χ1v) is 13.1. The maximum Gasteiger partial charge on any atom is 0.358 e. The largest absolute Gasteiger partial charge is 0.461 e. The molecule has 0 fully saturated rings. The first-order valence-electron chi connectivity index (χ1n) is 12.1. The highest BCUT2D eigenvalue weighted by atomic mass is 32.2. The van der Waals surface area contributed by atoms with Crippen LogP contribution < -0.4 is 5.56 Å². The molecule has 2 aromatic carbocycles. The van der Waals surface area contributed by atoms with Gasteiger partial charge in [0.1, 0.15) is 17.3 Å². The summed E-state index contributed by atoms with van der Waals surface area (Å²) in [5.41, 5.74) is 0.951. The predicted molar refractivity (Wildman–Crippen MR) is 140 cm³/mol. The van der Waals surface area contributed by atoms with Crippen molar-refractivity contribution in [1.29, 1.82) is 0 Å². The number of rotatable bonds is 11. The Morgan fingerprint density at radius 2 is 1.64 bits per heavy atom. The lowest BCUT2D eigenvalue weighted by atomic mass is 10.1. The van der Waals surface area contributed by atoms with Gasteiger partial charge in [-0.25, -0.2) is 23.1 Å². The second-order valence-corrected chi connectivity index (χ2v) is 9.36. The number of thioether (sulfide) groups is 1. The van der Waals surface area contributed by atoms with E-state index < -0.39 is 29.1 Å². The van der Waals surface area contributed by atoms with Crippen molar-refractivity contribution in [2.24, 2.45) is 0 Å². The van der Waals surface area contributed by atoms with Crippen molar-refractivity contribution in [3.63, 3.8) is 0 Å². The number of aromatic amines is 1. The lowest BCUT2D eigenvalue weighted by Crippen LogP contribution is -2.17. The van der Waals surface area contributed by atoms with Crippen LogP contribution in [0.15, 0.2) is 64.4 Å². The number of halogens is 2. The molecular formula is C27H26F2N4O5S. The summed E-state index contributed by atoms with van der Waals surface area (Å²) in [6.07, 6.45) is 0. The Hall–Kier alpha value is -4.19. The molecule has 0 atom stereocenters. The predicted octanol–water partition coefficient (Wildman–Crippen LogP) is 4.39. The zero-order valence-electron chi connectivity index (χ0n) is 21.3. The van der Waals surface area contributed by atoms with Crippen molar-refractivity contribution < 1.29 is 27.8 Å². The standard InChI is InChI=1S/C27H26F2N4O5S/c1-3-37-26(35)22-12-24(34)32(30-22)15-19-11-17(9-10-21(19)29)16-39-25-13-23(27(36)38-4-2)31-33(25)14-18-7-5-6-8-20(18)28/h5-13,30H,3-4,14-16H2,1-2H3. The Kier molecular flexibility index (Phi) is 8.97. The molecule has 1 N–H and O–H groups in total. The van der Waals surface area contributed by atoms with Gasteiger partial charge < -0.3 is 9.47 Å². The summed E-state index contributed by atoms with van der Waals surface area (Å²) in [6.45, 7) is 3.65. The van der Waals surface area contributed by atoms with E-state index in [-0.39, 0.29) is 43.3 Å². The first kappa shape index (κ1) is 27.8. The van der Waals surface area contributed by atoms with Crippen molar-refractivity contribution in [1.82, 2.24) is 19.6 Å². The number of nitrogens with zero attached hydrogens (tertiary/aromatic N) is 3. The molecule has 0 saturated carbocycles. The second kappa shape index (κ2) is 12.6. The maximum absolute atomic E-state index is 14.6. The van der Waals surface area contributed by atoms with Gasteiger partial charge in [0.05, 0.1) is 31.3 Å². The van der Waals surface area contributed by atoms with Crippen LogP contribution in [-0.2, 0) is 28.3 Å². The minimum absolute atomic E-state index is 0.0190. The topological polar surface area (TPSA) is 108 Å². The highest BCUT2D eigenvalue weighted by molar-refractivity contribution is 7.98. The van der Waals surface area contributed by atoms with Crippen molar-refractivity contribution in [2.75, 3.05) is 13.2 Å². The van der Waals surface area contributed by atoms with Crippen LogP contribution in [0.25, 0.3) is 0 Å². The zero-order valence-corrected chi connectivity index (χ0v) is 22.1. The molecule has 2 heterocycles. The lowest BCUT2D eigenvalue weighted by molar-refractivity contribution is 0.0509. The number of aromatic nitrogens is 4. The van der Waals surface area contributed by atoms with E-state index in [0.29, 0.717) is 16.3 Å². The molecule has 4 rings (SSSR count). The van der Waals surface area contributed by atoms with Crippen LogP contribution in [0.1, 0.15) is 51.5 Å². The summed E-state index contributed by atoms with van der Waals surface area (Å²) in [5.74, 6) is -1.80. The van der Waals surface area contributed by atoms with Crippen LogP contribution in [-0.4, -0.2) is 44.7 Å². The summed E-state index contributed by atoms with van der Waals surface area (Å²) >= 11 is 1.33. The summed E-state index contributed by atoms with van der Waals surface area (Å²) in [5, 5.41) is 7.56. The highest BCUT2D eigenvalue weighted by Crippen LogP contribution is 2.26. The van der Waals surface area contributed by atoms with E-state index in [1.165, 1.54) is 28.6 Å². The van der Waals surface area contributed by atoms with E-state index in [9.17, 15) is 23.2 Å². The van der Waals surface area contributed by atoms with E-state index in [1.807, 2.05) is 0 Å². The number of carbonyl (C=O) groups excluding carboxylic acids is 2. The fraction of sp³-hybridized carbons (Fsp3) is 0.259. The normalized spacial score (nSPS) is 11.0. The molecule has 0 bridgehead atoms. The first-order chi connectivity index (χ1) is 18.8. The van der Waals surface area contributed by atoms with E-state index in [1.54, 1.807) is 50.2 Å². The van der Waals surface area contributed by atoms with Crippen LogP contribution in [0.4, 0.5) is 8.78 Å². The van der Waals surface area contributed by atoms with Crippen molar-refractivity contribution in [3.8, 4) is 0 Å². The fourth-order valence-corrected chi connectivity index (χ4v) is 4.70. The molecule has 0 unspecified atom stereocenters. The van der Waals surface area contributed by atoms with Crippen LogP contribution in [0.5, 0.6) is 0 Å². The molecular weight excluding hydrogens is 530 g/mol. The number of esters is 2. The number of H-pyrrole nitrogens is 1. The van der Waals surface area contributed by atoms with E-state index in [2.05, 4.69) is 10.2 Å². The van der Waals surface area contributed by atoms with Crippen LogP contribution in [0.2, 0.25) is 0 Å². The van der Waals surface area contributed by atoms with Crippen LogP contribution in [0.3, 0.4) is 0 Å².